The molecule has 2 aromatic rings. The van der Waals surface area contributed by atoms with E-state index in [0.29, 0.717) is 28.0 Å². The molecule has 5 nitrogen and oxygen atoms in total. The van der Waals surface area contributed by atoms with Crippen molar-refractivity contribution in [3.05, 3.63) is 39.8 Å². The van der Waals surface area contributed by atoms with E-state index in [1.807, 2.05) is 26.0 Å². The summed E-state index contributed by atoms with van der Waals surface area (Å²) >= 11 is 0. The number of fused-ring (bicyclic) bond motifs is 3. The Bertz CT molecular complexity index is 798. The molecule has 0 atom stereocenters. The van der Waals surface area contributed by atoms with E-state index in [9.17, 15) is 9.90 Å². The minimum Gasteiger partial charge on any atom is -0.496 e. The Kier molecular flexibility index (Phi) is 3.02. The zero-order valence-electron chi connectivity index (χ0n) is 12.1. The zero-order chi connectivity index (χ0) is 15.2. The third-order valence-corrected chi connectivity index (χ3v) is 3.42. The lowest BCUT2D eigenvalue weighted by atomic mass is 10.00. The number of hydrogen-bond acceptors (Lipinski definition) is 5. The Morgan fingerprint density at radius 1 is 1.33 bits per heavy atom. The van der Waals surface area contributed by atoms with Gasteiger partial charge >= 0.3 is 0 Å². The van der Waals surface area contributed by atoms with E-state index in [-0.39, 0.29) is 17.8 Å². The Morgan fingerprint density at radius 2 is 2.10 bits per heavy atom. The summed E-state index contributed by atoms with van der Waals surface area (Å²) in [5.41, 5.74) is 0.351. The molecule has 1 aromatic carbocycles. The van der Waals surface area contributed by atoms with E-state index in [4.69, 9.17) is 13.9 Å². The second kappa shape index (κ2) is 4.63. The summed E-state index contributed by atoms with van der Waals surface area (Å²) in [6, 6.07) is 2.97. The first-order valence-corrected chi connectivity index (χ1v) is 6.62. The fraction of sp³-hybridized carbons (Fsp3) is 0.312. The van der Waals surface area contributed by atoms with Gasteiger partial charge in [0, 0.05) is 12.1 Å². The molecule has 3 rings (SSSR count). The minimum atomic E-state index is -0.444. The smallest absolute Gasteiger partial charge is 0.196 e. The summed E-state index contributed by atoms with van der Waals surface area (Å²) in [5, 5.41) is 9.57. The number of hydrogen-bond donors (Lipinski definition) is 1. The highest BCUT2D eigenvalue weighted by molar-refractivity contribution is 5.93. The van der Waals surface area contributed by atoms with Gasteiger partial charge in [0.2, 0.25) is 0 Å². The highest BCUT2D eigenvalue weighted by atomic mass is 16.5. The van der Waals surface area contributed by atoms with Gasteiger partial charge in [0.05, 0.1) is 12.7 Å². The van der Waals surface area contributed by atoms with Crippen LogP contribution in [0, 0.1) is 0 Å². The van der Waals surface area contributed by atoms with Crippen LogP contribution < -0.4 is 14.9 Å². The van der Waals surface area contributed by atoms with Gasteiger partial charge in [-0.3, -0.25) is 4.79 Å². The number of aliphatic hydroxyl groups excluding tert-OH is 1. The lowest BCUT2D eigenvalue weighted by Gasteiger charge is -2.28. The standard InChI is InChI=1S/C16H16O5/c1-16(2)5-4-10-12(21-16)7-13(19-3)14-11(18)6-9(8-17)20-15(10)14/h4-7,17H,8H2,1-3H3. The second-order valence-electron chi connectivity index (χ2n) is 5.47. The Labute approximate surface area is 121 Å². The Hall–Kier alpha value is -2.27. The predicted octanol–water partition coefficient (Wildman–Crippen LogP) is 2.48. The third-order valence-electron chi connectivity index (χ3n) is 3.42. The molecular formula is C16H16O5. The third kappa shape index (κ3) is 2.19. The van der Waals surface area contributed by atoms with Crippen molar-refractivity contribution in [2.45, 2.75) is 26.1 Å². The minimum absolute atomic E-state index is 0.209. The maximum Gasteiger partial charge on any atom is 0.196 e. The van der Waals surface area contributed by atoms with E-state index in [2.05, 4.69) is 0 Å². The first-order valence-electron chi connectivity index (χ1n) is 6.62. The molecule has 0 amide bonds. The molecule has 0 spiro atoms. The number of benzene rings is 1. The quantitative estimate of drug-likeness (QED) is 0.919. The van der Waals surface area contributed by atoms with Gasteiger partial charge in [0.15, 0.2) is 11.0 Å². The van der Waals surface area contributed by atoms with Crippen molar-refractivity contribution in [1.82, 2.24) is 0 Å². The van der Waals surface area contributed by atoms with Gasteiger partial charge in [-0.25, -0.2) is 0 Å². The van der Waals surface area contributed by atoms with Gasteiger partial charge in [-0.2, -0.15) is 0 Å². The highest BCUT2D eigenvalue weighted by Gasteiger charge is 2.26. The van der Waals surface area contributed by atoms with E-state index in [1.54, 1.807) is 6.07 Å². The molecule has 5 heteroatoms. The van der Waals surface area contributed by atoms with Crippen molar-refractivity contribution in [2.24, 2.45) is 0 Å². The van der Waals surface area contributed by atoms with Crippen molar-refractivity contribution in [3.8, 4) is 11.5 Å². The predicted molar refractivity (Wildman–Crippen MR) is 78.7 cm³/mol. The van der Waals surface area contributed by atoms with Crippen LogP contribution >= 0.6 is 0 Å². The molecule has 0 radical (unpaired) electrons. The van der Waals surface area contributed by atoms with Gasteiger partial charge in [0.1, 0.15) is 34.9 Å². The molecular weight excluding hydrogens is 272 g/mol. The van der Waals surface area contributed by atoms with Crippen molar-refractivity contribution >= 4 is 17.0 Å². The van der Waals surface area contributed by atoms with Crippen LogP contribution in [0.25, 0.3) is 17.0 Å². The van der Waals surface area contributed by atoms with E-state index >= 15 is 0 Å². The van der Waals surface area contributed by atoms with Crippen LogP contribution in [-0.4, -0.2) is 17.8 Å². The molecule has 1 N–H and O–H groups in total. The van der Waals surface area contributed by atoms with Crippen LogP contribution in [0.5, 0.6) is 11.5 Å². The van der Waals surface area contributed by atoms with Crippen LogP contribution in [0.4, 0.5) is 0 Å². The monoisotopic (exact) mass is 288 g/mol. The molecule has 0 aliphatic carbocycles. The maximum atomic E-state index is 12.2. The summed E-state index contributed by atoms with van der Waals surface area (Å²) in [6.07, 6.45) is 3.76. The number of rotatable bonds is 2. The van der Waals surface area contributed by atoms with Gasteiger partial charge in [0.25, 0.3) is 0 Å². The molecule has 1 aromatic heterocycles. The first kappa shape index (κ1) is 13.7. The summed E-state index contributed by atoms with van der Waals surface area (Å²) < 4.78 is 16.8. The van der Waals surface area contributed by atoms with Gasteiger partial charge in [-0.05, 0) is 26.0 Å². The average Bonchev–Trinajstić information content (AvgIpc) is 2.44. The molecule has 110 valence electrons. The van der Waals surface area contributed by atoms with Crippen molar-refractivity contribution < 1.29 is 19.0 Å². The summed E-state index contributed by atoms with van der Waals surface area (Å²) in [4.78, 5) is 12.2. The lowest BCUT2D eigenvalue weighted by molar-refractivity contribution is 0.158. The lowest BCUT2D eigenvalue weighted by Crippen LogP contribution is -2.27. The summed E-state index contributed by atoms with van der Waals surface area (Å²) in [6.45, 7) is 3.53. The second-order valence-corrected chi connectivity index (χ2v) is 5.47. The SMILES string of the molecule is COc1cc2c(c3oc(CO)cc(=O)c13)C=CC(C)(C)O2. The maximum absolute atomic E-state index is 12.2. The van der Waals surface area contributed by atoms with Crippen LogP contribution in [0.15, 0.2) is 27.4 Å². The van der Waals surface area contributed by atoms with Crippen molar-refractivity contribution in [1.29, 1.82) is 0 Å². The average molecular weight is 288 g/mol. The molecule has 21 heavy (non-hydrogen) atoms. The number of ether oxygens (including phenoxy) is 2. The molecule has 2 heterocycles. The normalized spacial score (nSPS) is 15.6. The van der Waals surface area contributed by atoms with E-state index in [1.165, 1.54) is 13.2 Å². The molecule has 0 bridgehead atoms. The molecule has 0 unspecified atom stereocenters. The van der Waals surface area contributed by atoms with Gasteiger partial charge in [-0.15, -0.1) is 0 Å². The van der Waals surface area contributed by atoms with Crippen LogP contribution in [0.2, 0.25) is 0 Å². The molecule has 1 aliphatic heterocycles. The van der Waals surface area contributed by atoms with Crippen LogP contribution in [0.3, 0.4) is 0 Å². The Balaban J connectivity index is 2.41. The fourth-order valence-electron chi connectivity index (χ4n) is 2.43. The Morgan fingerprint density at radius 3 is 2.76 bits per heavy atom. The fourth-order valence-corrected chi connectivity index (χ4v) is 2.43. The topological polar surface area (TPSA) is 68.9 Å². The summed E-state index contributed by atoms with van der Waals surface area (Å²) in [7, 11) is 1.49. The molecule has 1 aliphatic rings. The van der Waals surface area contributed by atoms with Crippen molar-refractivity contribution in [2.75, 3.05) is 7.11 Å². The number of methoxy groups -OCH3 is 1. The highest BCUT2D eigenvalue weighted by Crippen LogP contribution is 2.40. The van der Waals surface area contributed by atoms with Crippen LogP contribution in [-0.2, 0) is 6.61 Å². The molecule has 0 fully saturated rings. The van der Waals surface area contributed by atoms with Gasteiger partial charge < -0.3 is 19.0 Å². The van der Waals surface area contributed by atoms with E-state index in [0.717, 1.165) is 0 Å². The number of aliphatic hydroxyl groups is 1. The first-order chi connectivity index (χ1) is 9.95. The van der Waals surface area contributed by atoms with Crippen molar-refractivity contribution in [3.63, 3.8) is 0 Å². The molecule has 0 saturated heterocycles. The van der Waals surface area contributed by atoms with Crippen LogP contribution in [0.1, 0.15) is 25.2 Å². The van der Waals surface area contributed by atoms with Gasteiger partial charge in [-0.1, -0.05) is 0 Å². The zero-order valence-corrected chi connectivity index (χ0v) is 12.1. The molecule has 0 saturated carbocycles. The largest absolute Gasteiger partial charge is 0.496 e. The van der Waals surface area contributed by atoms with E-state index < -0.39 is 5.60 Å². The summed E-state index contributed by atoms with van der Waals surface area (Å²) in [5.74, 6) is 1.19.